The van der Waals surface area contributed by atoms with Crippen LogP contribution in [0.1, 0.15) is 34.2 Å². The van der Waals surface area contributed by atoms with E-state index < -0.39 is 5.97 Å². The molecule has 0 fully saturated rings. The van der Waals surface area contributed by atoms with Gasteiger partial charge in [-0.15, -0.1) is 21.5 Å². The van der Waals surface area contributed by atoms with Crippen molar-refractivity contribution >= 4 is 40.0 Å². The first kappa shape index (κ1) is 25.7. The van der Waals surface area contributed by atoms with E-state index >= 15 is 0 Å². The molecule has 4 rings (SSSR count). The number of methoxy groups -OCH3 is 1. The molecular weight excluding hydrogens is 492 g/mol. The first-order valence-electron chi connectivity index (χ1n) is 11.7. The molecule has 1 amide bonds. The number of nitrogens with one attached hydrogen (secondary N) is 1. The monoisotopic (exact) mass is 520 g/mol. The molecule has 2 heterocycles. The van der Waals surface area contributed by atoms with Gasteiger partial charge in [0.1, 0.15) is 16.4 Å². The van der Waals surface area contributed by atoms with Gasteiger partial charge in [-0.3, -0.25) is 4.79 Å². The Morgan fingerprint density at radius 2 is 1.81 bits per heavy atom. The Morgan fingerprint density at radius 3 is 2.50 bits per heavy atom. The lowest BCUT2D eigenvalue weighted by Crippen LogP contribution is -2.16. The van der Waals surface area contributed by atoms with Gasteiger partial charge >= 0.3 is 5.97 Å². The molecule has 0 atom stereocenters. The second-order valence-electron chi connectivity index (χ2n) is 8.18. The summed E-state index contributed by atoms with van der Waals surface area (Å²) in [6.07, 6.45) is 1.65. The van der Waals surface area contributed by atoms with Gasteiger partial charge in [0, 0.05) is 23.9 Å². The van der Waals surface area contributed by atoms with Crippen LogP contribution >= 0.6 is 23.1 Å². The van der Waals surface area contributed by atoms with E-state index in [0.717, 1.165) is 41.9 Å². The van der Waals surface area contributed by atoms with Gasteiger partial charge in [0.2, 0.25) is 5.91 Å². The number of thioether (sulfide) groups is 1. The van der Waals surface area contributed by atoms with Crippen LogP contribution in [0.5, 0.6) is 0 Å². The molecule has 0 saturated heterocycles. The molecule has 36 heavy (non-hydrogen) atoms. The van der Waals surface area contributed by atoms with E-state index in [2.05, 4.69) is 27.6 Å². The van der Waals surface area contributed by atoms with Crippen LogP contribution < -0.4 is 5.32 Å². The van der Waals surface area contributed by atoms with Gasteiger partial charge in [-0.05, 0) is 31.4 Å². The fourth-order valence-electron chi connectivity index (χ4n) is 3.82. The molecule has 0 spiro atoms. The van der Waals surface area contributed by atoms with Crippen LogP contribution in [0.15, 0.2) is 65.1 Å². The van der Waals surface area contributed by atoms with Gasteiger partial charge in [0.25, 0.3) is 0 Å². The molecule has 1 N–H and O–H groups in total. The van der Waals surface area contributed by atoms with E-state index in [1.807, 2.05) is 66.3 Å². The summed E-state index contributed by atoms with van der Waals surface area (Å²) in [4.78, 5) is 25.4. The molecular formula is C27H28N4O3S2. The maximum atomic E-state index is 12.8. The number of hydrogen-bond acceptors (Lipinski definition) is 7. The molecule has 2 aromatic carbocycles. The number of ether oxygens (including phenoxy) is 1. The number of amides is 1. The highest BCUT2D eigenvalue weighted by Gasteiger charge is 2.23. The van der Waals surface area contributed by atoms with Gasteiger partial charge < -0.3 is 14.6 Å². The van der Waals surface area contributed by atoms with Crippen LogP contribution in [-0.4, -0.2) is 39.5 Å². The summed E-state index contributed by atoms with van der Waals surface area (Å²) in [5.74, 6) is 0.343. The Labute approximate surface area is 218 Å². The van der Waals surface area contributed by atoms with Crippen LogP contribution in [0.4, 0.5) is 5.00 Å². The number of anilines is 1. The fourth-order valence-corrected chi connectivity index (χ4v) is 5.62. The summed E-state index contributed by atoms with van der Waals surface area (Å²) >= 11 is 2.64. The second-order valence-corrected chi connectivity index (χ2v) is 10.00. The lowest BCUT2D eigenvalue weighted by molar-refractivity contribution is -0.113. The van der Waals surface area contributed by atoms with Gasteiger partial charge in [-0.25, -0.2) is 4.79 Å². The lowest BCUT2D eigenvalue weighted by atomic mass is 10.0. The number of thiophene rings is 1. The summed E-state index contributed by atoms with van der Waals surface area (Å²) in [5, 5.41) is 14.6. The van der Waals surface area contributed by atoms with Crippen LogP contribution in [0, 0.1) is 6.92 Å². The number of hydrogen-bond donors (Lipinski definition) is 1. The number of carbonyl (C=O) groups is 2. The zero-order valence-electron chi connectivity index (χ0n) is 20.5. The van der Waals surface area contributed by atoms with Crippen molar-refractivity contribution in [3.05, 3.63) is 82.5 Å². The van der Waals surface area contributed by atoms with Crippen molar-refractivity contribution in [1.82, 2.24) is 14.8 Å². The Morgan fingerprint density at radius 1 is 1.06 bits per heavy atom. The number of benzene rings is 2. The Hall–Kier alpha value is -3.43. The van der Waals surface area contributed by atoms with Crippen molar-refractivity contribution in [2.75, 3.05) is 18.2 Å². The molecule has 9 heteroatoms. The predicted octanol–water partition coefficient (Wildman–Crippen LogP) is 5.64. The zero-order valence-corrected chi connectivity index (χ0v) is 22.1. The van der Waals surface area contributed by atoms with E-state index in [9.17, 15) is 9.59 Å². The van der Waals surface area contributed by atoms with Gasteiger partial charge in [-0.1, -0.05) is 71.9 Å². The van der Waals surface area contributed by atoms with E-state index in [-0.39, 0.29) is 11.7 Å². The van der Waals surface area contributed by atoms with Crippen LogP contribution in [0.25, 0.3) is 11.1 Å². The molecule has 0 aliphatic carbocycles. The summed E-state index contributed by atoms with van der Waals surface area (Å²) in [7, 11) is 1.34. The van der Waals surface area contributed by atoms with Crippen LogP contribution in [0.3, 0.4) is 0 Å². The molecule has 0 bridgehead atoms. The first-order valence-corrected chi connectivity index (χ1v) is 13.5. The SMILES string of the molecule is CCn1c(CCc2ccccc2)nnc1SCC(=O)Nc1scc(-c2ccc(C)cc2)c1C(=O)OC. The summed E-state index contributed by atoms with van der Waals surface area (Å²) in [5.41, 5.74) is 4.38. The van der Waals surface area contributed by atoms with Gasteiger partial charge in [-0.2, -0.15) is 0 Å². The van der Waals surface area contributed by atoms with E-state index in [4.69, 9.17) is 4.74 Å². The number of carbonyl (C=O) groups excluding carboxylic acids is 2. The molecule has 0 radical (unpaired) electrons. The summed E-state index contributed by atoms with van der Waals surface area (Å²) in [6.45, 7) is 4.77. The smallest absolute Gasteiger partial charge is 0.341 e. The maximum Gasteiger partial charge on any atom is 0.341 e. The highest BCUT2D eigenvalue weighted by Crippen LogP contribution is 2.36. The van der Waals surface area contributed by atoms with Gasteiger partial charge in [0.15, 0.2) is 5.16 Å². The molecule has 0 unspecified atom stereocenters. The Kier molecular flexibility index (Phi) is 8.56. The predicted molar refractivity (Wildman–Crippen MR) is 145 cm³/mol. The number of aryl methyl sites for hydroxylation is 3. The van der Waals surface area contributed by atoms with E-state index in [0.29, 0.717) is 15.7 Å². The largest absolute Gasteiger partial charge is 0.465 e. The molecule has 2 aromatic heterocycles. The summed E-state index contributed by atoms with van der Waals surface area (Å²) < 4.78 is 7.05. The Bertz CT molecular complexity index is 1330. The van der Waals surface area contributed by atoms with Crippen molar-refractivity contribution in [3.8, 4) is 11.1 Å². The van der Waals surface area contributed by atoms with Gasteiger partial charge in [0.05, 0.1) is 12.9 Å². The number of rotatable bonds is 10. The van der Waals surface area contributed by atoms with Crippen molar-refractivity contribution < 1.29 is 14.3 Å². The highest BCUT2D eigenvalue weighted by molar-refractivity contribution is 7.99. The average Bonchev–Trinajstić information content (AvgIpc) is 3.50. The van der Waals surface area contributed by atoms with E-state index in [1.54, 1.807) is 0 Å². The Balaban J connectivity index is 1.43. The van der Waals surface area contributed by atoms with Crippen molar-refractivity contribution in [3.63, 3.8) is 0 Å². The van der Waals surface area contributed by atoms with Crippen molar-refractivity contribution in [2.45, 2.75) is 38.4 Å². The minimum absolute atomic E-state index is 0.148. The van der Waals surface area contributed by atoms with Crippen molar-refractivity contribution in [1.29, 1.82) is 0 Å². The molecule has 0 aliphatic rings. The lowest BCUT2D eigenvalue weighted by Gasteiger charge is -2.09. The van der Waals surface area contributed by atoms with Crippen LogP contribution in [0.2, 0.25) is 0 Å². The standard InChI is InChI=1S/C27H28N4O3S2/c1-4-31-22(15-12-19-8-6-5-7-9-19)29-30-27(31)36-17-23(32)28-25-24(26(33)34-3)21(16-35-25)20-13-10-18(2)11-14-20/h5-11,13-14,16H,4,12,15,17H2,1-3H3,(H,28,32). The maximum absolute atomic E-state index is 12.8. The van der Waals surface area contributed by atoms with Crippen LogP contribution in [-0.2, 0) is 28.9 Å². The van der Waals surface area contributed by atoms with E-state index in [1.165, 1.54) is 35.8 Å². The molecule has 0 saturated carbocycles. The normalized spacial score (nSPS) is 10.9. The third-order valence-electron chi connectivity index (χ3n) is 5.72. The third kappa shape index (κ3) is 6.03. The second kappa shape index (κ2) is 12.0. The molecule has 7 nitrogen and oxygen atoms in total. The fraction of sp³-hybridized carbons (Fsp3) is 0.259. The zero-order chi connectivity index (χ0) is 25.5. The number of esters is 1. The topological polar surface area (TPSA) is 86.1 Å². The first-order chi connectivity index (χ1) is 17.5. The molecule has 4 aromatic rings. The minimum Gasteiger partial charge on any atom is -0.465 e. The van der Waals surface area contributed by atoms with Crippen molar-refractivity contribution in [2.24, 2.45) is 0 Å². The number of aromatic nitrogens is 3. The summed E-state index contributed by atoms with van der Waals surface area (Å²) in [6, 6.07) is 18.2. The quantitative estimate of drug-likeness (QED) is 0.215. The number of nitrogens with zero attached hydrogens (tertiary/aromatic N) is 3. The minimum atomic E-state index is -0.483. The average molecular weight is 521 g/mol. The third-order valence-corrected chi connectivity index (χ3v) is 7.58. The molecule has 0 aliphatic heterocycles. The molecule has 186 valence electrons. The highest BCUT2D eigenvalue weighted by atomic mass is 32.2.